The van der Waals surface area contributed by atoms with Crippen LogP contribution in [0.2, 0.25) is 0 Å². The molecule has 0 aromatic rings. The van der Waals surface area contributed by atoms with Crippen LogP contribution >= 0.6 is 11.6 Å². The zero-order valence-electron chi connectivity index (χ0n) is 10.8. The van der Waals surface area contributed by atoms with Crippen molar-refractivity contribution >= 4 is 27.6 Å². The predicted octanol–water partition coefficient (Wildman–Crippen LogP) is 1.08. The third-order valence-electron chi connectivity index (χ3n) is 3.14. The van der Waals surface area contributed by atoms with Crippen molar-refractivity contribution in [2.45, 2.75) is 19.8 Å². The van der Waals surface area contributed by atoms with Crippen molar-refractivity contribution in [2.75, 3.05) is 31.8 Å². The number of carbonyl (C=O) groups excluding carboxylic acids is 1. The molecule has 0 aromatic carbocycles. The molecule has 0 radical (unpaired) electrons. The second kappa shape index (κ2) is 6.73. The van der Waals surface area contributed by atoms with Gasteiger partial charge in [-0.15, -0.1) is 11.6 Å². The average molecular weight is 298 g/mol. The molecule has 1 atom stereocenters. The number of methoxy groups -OCH3 is 1. The Balaban J connectivity index is 2.54. The van der Waals surface area contributed by atoms with Crippen molar-refractivity contribution in [1.82, 2.24) is 4.31 Å². The Morgan fingerprint density at radius 2 is 2.00 bits per heavy atom. The standard InChI is InChI=1S/C11H20ClNO4S/c1-9(7-12)8-18(15,16)13-5-3-10(4-6-13)11(14)17-2/h9-10H,3-8H2,1-2H3. The molecule has 5 nitrogen and oxygen atoms in total. The third kappa shape index (κ3) is 4.10. The lowest BCUT2D eigenvalue weighted by molar-refractivity contribution is -0.146. The fourth-order valence-electron chi connectivity index (χ4n) is 2.05. The highest BCUT2D eigenvalue weighted by atomic mass is 35.5. The fourth-order valence-corrected chi connectivity index (χ4v) is 4.10. The number of hydrogen-bond donors (Lipinski definition) is 0. The Morgan fingerprint density at radius 3 is 2.44 bits per heavy atom. The van der Waals surface area contributed by atoms with E-state index in [0.29, 0.717) is 31.8 Å². The van der Waals surface area contributed by atoms with Gasteiger partial charge in [0.15, 0.2) is 0 Å². The number of esters is 1. The van der Waals surface area contributed by atoms with Gasteiger partial charge in [-0.05, 0) is 18.8 Å². The Bertz CT molecular complexity index is 377. The van der Waals surface area contributed by atoms with Gasteiger partial charge < -0.3 is 4.74 Å². The molecule has 0 spiro atoms. The molecule has 1 fully saturated rings. The molecule has 106 valence electrons. The second-order valence-corrected chi connectivity index (χ2v) is 7.06. The van der Waals surface area contributed by atoms with E-state index in [9.17, 15) is 13.2 Å². The van der Waals surface area contributed by atoms with Crippen LogP contribution in [0, 0.1) is 11.8 Å². The monoisotopic (exact) mass is 297 g/mol. The number of piperidine rings is 1. The Hall–Kier alpha value is -0.330. The van der Waals surface area contributed by atoms with E-state index in [2.05, 4.69) is 4.74 Å². The first kappa shape index (κ1) is 15.7. The van der Waals surface area contributed by atoms with E-state index < -0.39 is 10.0 Å². The van der Waals surface area contributed by atoms with Gasteiger partial charge in [-0.3, -0.25) is 4.79 Å². The predicted molar refractivity (Wildman–Crippen MR) is 70.0 cm³/mol. The number of nitrogens with zero attached hydrogens (tertiary/aromatic N) is 1. The first-order valence-corrected chi connectivity index (χ1v) is 8.16. The summed E-state index contributed by atoms with van der Waals surface area (Å²) >= 11 is 5.64. The van der Waals surface area contributed by atoms with Gasteiger partial charge in [0.1, 0.15) is 0 Å². The molecular weight excluding hydrogens is 278 g/mol. The van der Waals surface area contributed by atoms with Gasteiger partial charge in [0.2, 0.25) is 10.0 Å². The van der Waals surface area contributed by atoms with Crippen molar-refractivity contribution in [3.63, 3.8) is 0 Å². The average Bonchev–Trinajstić information content (AvgIpc) is 2.37. The molecule has 0 N–H and O–H groups in total. The zero-order chi connectivity index (χ0) is 13.8. The molecule has 1 aliphatic rings. The van der Waals surface area contributed by atoms with Crippen molar-refractivity contribution in [1.29, 1.82) is 0 Å². The summed E-state index contributed by atoms with van der Waals surface area (Å²) in [6.07, 6.45) is 1.06. The third-order valence-corrected chi connectivity index (χ3v) is 5.81. The fraction of sp³-hybridized carbons (Fsp3) is 0.909. The topological polar surface area (TPSA) is 63.7 Å². The largest absolute Gasteiger partial charge is 0.469 e. The van der Waals surface area contributed by atoms with Crippen LogP contribution in [0.25, 0.3) is 0 Å². The number of sulfonamides is 1. The summed E-state index contributed by atoms with van der Waals surface area (Å²) in [6.45, 7) is 2.58. The summed E-state index contributed by atoms with van der Waals surface area (Å²) in [5, 5.41) is 0. The van der Waals surface area contributed by atoms with Crippen molar-refractivity contribution in [3.8, 4) is 0 Å². The first-order chi connectivity index (χ1) is 8.40. The van der Waals surface area contributed by atoms with Crippen molar-refractivity contribution in [2.24, 2.45) is 11.8 Å². The molecule has 1 saturated heterocycles. The quantitative estimate of drug-likeness (QED) is 0.562. The molecule has 1 heterocycles. The lowest BCUT2D eigenvalue weighted by Gasteiger charge is -2.30. The van der Waals surface area contributed by atoms with Crippen molar-refractivity contribution in [3.05, 3.63) is 0 Å². The molecule has 1 rings (SSSR count). The molecule has 1 aliphatic heterocycles. The maximum Gasteiger partial charge on any atom is 0.308 e. The molecule has 1 unspecified atom stereocenters. The zero-order valence-corrected chi connectivity index (χ0v) is 12.3. The molecule has 0 bridgehead atoms. The van der Waals surface area contributed by atoms with Crippen LogP contribution in [-0.4, -0.2) is 50.5 Å². The minimum absolute atomic E-state index is 0.0602. The maximum absolute atomic E-state index is 12.1. The van der Waals surface area contributed by atoms with E-state index in [0.717, 1.165) is 0 Å². The van der Waals surface area contributed by atoms with Gasteiger partial charge in [0.05, 0.1) is 18.8 Å². The Morgan fingerprint density at radius 1 is 1.44 bits per heavy atom. The number of hydrogen-bond acceptors (Lipinski definition) is 4. The minimum atomic E-state index is -3.25. The minimum Gasteiger partial charge on any atom is -0.469 e. The molecule has 0 aliphatic carbocycles. The van der Waals surface area contributed by atoms with E-state index in [1.165, 1.54) is 11.4 Å². The normalized spacial score (nSPS) is 20.6. The number of carbonyl (C=O) groups is 1. The molecule has 0 saturated carbocycles. The molecular formula is C11H20ClNO4S. The number of ether oxygens (including phenoxy) is 1. The number of halogens is 1. The highest BCUT2D eigenvalue weighted by Gasteiger charge is 2.32. The Labute approximate surface area is 113 Å². The van der Waals surface area contributed by atoms with Gasteiger partial charge in [-0.25, -0.2) is 12.7 Å². The summed E-state index contributed by atoms with van der Waals surface area (Å²) < 4.78 is 30.2. The molecule has 0 aromatic heterocycles. The van der Waals surface area contributed by atoms with Crippen LogP contribution < -0.4 is 0 Å². The van der Waals surface area contributed by atoms with Crippen LogP contribution in [0.1, 0.15) is 19.8 Å². The summed E-state index contributed by atoms with van der Waals surface area (Å²) in [7, 11) is -1.90. The highest BCUT2D eigenvalue weighted by molar-refractivity contribution is 7.89. The van der Waals surface area contributed by atoms with E-state index in [1.54, 1.807) is 0 Å². The SMILES string of the molecule is COC(=O)C1CCN(S(=O)(=O)CC(C)CCl)CC1. The van der Waals surface area contributed by atoms with Gasteiger partial charge >= 0.3 is 5.97 Å². The van der Waals surface area contributed by atoms with Crippen LogP contribution in [0.3, 0.4) is 0 Å². The van der Waals surface area contributed by atoms with E-state index in [4.69, 9.17) is 11.6 Å². The van der Waals surface area contributed by atoms with Crippen molar-refractivity contribution < 1.29 is 17.9 Å². The first-order valence-electron chi connectivity index (χ1n) is 6.02. The van der Waals surface area contributed by atoms with Gasteiger partial charge in [0, 0.05) is 19.0 Å². The molecule has 0 amide bonds. The van der Waals surface area contributed by atoms with Gasteiger partial charge in [-0.2, -0.15) is 0 Å². The number of rotatable bonds is 5. The van der Waals surface area contributed by atoms with Crippen LogP contribution in [0.4, 0.5) is 0 Å². The molecule has 7 heteroatoms. The van der Waals surface area contributed by atoms with Gasteiger partial charge in [-0.1, -0.05) is 6.92 Å². The van der Waals surface area contributed by atoms with E-state index in [1.807, 2.05) is 6.92 Å². The van der Waals surface area contributed by atoms with Crippen LogP contribution in [-0.2, 0) is 19.6 Å². The number of alkyl halides is 1. The smallest absolute Gasteiger partial charge is 0.308 e. The lowest BCUT2D eigenvalue weighted by atomic mass is 9.99. The second-order valence-electron chi connectivity index (χ2n) is 4.73. The summed E-state index contributed by atoms with van der Waals surface area (Å²) in [4.78, 5) is 11.3. The Kier molecular flexibility index (Phi) is 5.88. The molecule has 18 heavy (non-hydrogen) atoms. The van der Waals surface area contributed by atoms with Crippen LogP contribution in [0.5, 0.6) is 0 Å². The van der Waals surface area contributed by atoms with Crippen LogP contribution in [0.15, 0.2) is 0 Å². The summed E-state index contributed by atoms with van der Waals surface area (Å²) in [5.74, 6) is -0.0832. The van der Waals surface area contributed by atoms with E-state index in [-0.39, 0.29) is 23.6 Å². The van der Waals surface area contributed by atoms with Gasteiger partial charge in [0.25, 0.3) is 0 Å². The summed E-state index contributed by atoms with van der Waals surface area (Å²) in [5.41, 5.74) is 0. The van der Waals surface area contributed by atoms with E-state index >= 15 is 0 Å². The highest BCUT2D eigenvalue weighted by Crippen LogP contribution is 2.21. The summed E-state index contributed by atoms with van der Waals surface area (Å²) in [6, 6.07) is 0. The maximum atomic E-state index is 12.1. The lowest BCUT2D eigenvalue weighted by Crippen LogP contribution is -2.42.